The Hall–Kier alpha value is -1.57. The Labute approximate surface area is 90.0 Å². The second kappa shape index (κ2) is 4.30. The lowest BCUT2D eigenvalue weighted by atomic mass is 9.87. The third-order valence-electron chi connectivity index (χ3n) is 2.81. The molecule has 2 nitrogen and oxygen atoms in total. The van der Waals surface area contributed by atoms with Gasteiger partial charge in [0.25, 0.3) is 0 Å². The Kier molecular flexibility index (Phi) is 2.86. The van der Waals surface area contributed by atoms with Gasteiger partial charge in [0, 0.05) is 0 Å². The molecule has 2 unspecified atom stereocenters. The molecule has 0 aromatic heterocycles. The fraction of sp³-hybridized carbons (Fsp3) is 0.308. The van der Waals surface area contributed by atoms with Gasteiger partial charge in [-0.25, -0.2) is 0 Å². The Balaban J connectivity index is 1.98. The minimum Gasteiger partial charge on any atom is -0.349 e. The normalized spacial score (nSPS) is 25.0. The highest BCUT2D eigenvalue weighted by Crippen LogP contribution is 2.20. The first-order valence-corrected chi connectivity index (χ1v) is 5.35. The van der Waals surface area contributed by atoms with E-state index in [0.29, 0.717) is 0 Å². The van der Waals surface area contributed by atoms with Crippen molar-refractivity contribution in [3.63, 3.8) is 0 Å². The van der Waals surface area contributed by atoms with Gasteiger partial charge in [0.05, 0.1) is 12.0 Å². The number of hydrogen-bond donors (Lipinski definition) is 1. The summed E-state index contributed by atoms with van der Waals surface area (Å²) in [7, 11) is 0. The van der Waals surface area contributed by atoms with Crippen molar-refractivity contribution in [2.24, 2.45) is 5.92 Å². The fourth-order valence-corrected chi connectivity index (χ4v) is 1.84. The smallest absolute Gasteiger partial charge is 0.225 e. The Morgan fingerprint density at radius 3 is 2.67 bits per heavy atom. The average Bonchev–Trinajstić information content (AvgIpc) is 2.26. The zero-order valence-corrected chi connectivity index (χ0v) is 8.81. The van der Waals surface area contributed by atoms with Gasteiger partial charge in [-0.2, -0.15) is 0 Å². The number of nitrogens with one attached hydrogen (secondary N) is 1. The second-order valence-electron chi connectivity index (χ2n) is 3.82. The molecule has 1 amide bonds. The van der Waals surface area contributed by atoms with E-state index in [4.69, 9.17) is 0 Å². The third kappa shape index (κ3) is 2.09. The van der Waals surface area contributed by atoms with Gasteiger partial charge in [0.1, 0.15) is 0 Å². The molecular formula is C13H15NO. The van der Waals surface area contributed by atoms with E-state index >= 15 is 0 Å². The van der Waals surface area contributed by atoms with Gasteiger partial charge in [-0.05, 0) is 12.0 Å². The van der Waals surface area contributed by atoms with E-state index in [2.05, 4.69) is 29.6 Å². The molecule has 2 rings (SSSR count). The highest BCUT2D eigenvalue weighted by Gasteiger charge is 2.35. The lowest BCUT2D eigenvalue weighted by Crippen LogP contribution is -2.56. The van der Waals surface area contributed by atoms with E-state index in [-0.39, 0.29) is 17.9 Å². The minimum atomic E-state index is 0.171. The molecule has 15 heavy (non-hydrogen) atoms. The molecule has 0 spiro atoms. The topological polar surface area (TPSA) is 29.1 Å². The molecule has 1 aliphatic heterocycles. The summed E-state index contributed by atoms with van der Waals surface area (Å²) in [5, 5.41) is 2.89. The van der Waals surface area contributed by atoms with E-state index in [1.165, 1.54) is 5.56 Å². The first-order chi connectivity index (χ1) is 7.31. The maximum absolute atomic E-state index is 11.1. The van der Waals surface area contributed by atoms with E-state index in [9.17, 15) is 4.79 Å². The summed E-state index contributed by atoms with van der Waals surface area (Å²) in [6.07, 6.45) is 5.05. The maximum atomic E-state index is 11.1. The molecule has 78 valence electrons. The van der Waals surface area contributed by atoms with E-state index in [0.717, 1.165) is 6.42 Å². The van der Waals surface area contributed by atoms with Gasteiger partial charge in [-0.15, -0.1) is 0 Å². The quantitative estimate of drug-likeness (QED) is 0.746. The number of benzene rings is 1. The highest BCUT2D eigenvalue weighted by molar-refractivity contribution is 5.86. The van der Waals surface area contributed by atoms with Crippen LogP contribution in [0, 0.1) is 5.92 Å². The van der Waals surface area contributed by atoms with Crippen molar-refractivity contribution < 1.29 is 4.79 Å². The molecule has 0 aliphatic carbocycles. The van der Waals surface area contributed by atoms with Gasteiger partial charge < -0.3 is 5.32 Å². The molecular weight excluding hydrogens is 186 g/mol. The summed E-state index contributed by atoms with van der Waals surface area (Å²) >= 11 is 0. The van der Waals surface area contributed by atoms with Crippen molar-refractivity contribution in [2.45, 2.75) is 19.4 Å². The number of hydrogen-bond acceptors (Lipinski definition) is 1. The molecule has 1 fully saturated rings. The van der Waals surface area contributed by atoms with Crippen LogP contribution in [0.1, 0.15) is 18.9 Å². The number of carbonyl (C=O) groups is 1. The third-order valence-corrected chi connectivity index (χ3v) is 2.81. The summed E-state index contributed by atoms with van der Waals surface area (Å²) in [4.78, 5) is 11.1. The van der Waals surface area contributed by atoms with Crippen LogP contribution in [0.25, 0.3) is 6.08 Å². The van der Waals surface area contributed by atoms with Crippen LogP contribution in [-0.2, 0) is 4.79 Å². The van der Waals surface area contributed by atoms with Gasteiger partial charge >= 0.3 is 0 Å². The van der Waals surface area contributed by atoms with E-state index < -0.39 is 0 Å². The molecule has 0 bridgehead atoms. The van der Waals surface area contributed by atoms with E-state index in [1.54, 1.807) is 0 Å². The van der Waals surface area contributed by atoms with Crippen LogP contribution in [0.4, 0.5) is 0 Å². The van der Waals surface area contributed by atoms with Crippen LogP contribution in [0.15, 0.2) is 36.4 Å². The van der Waals surface area contributed by atoms with Crippen LogP contribution >= 0.6 is 0 Å². The molecule has 2 atom stereocenters. The number of amides is 1. The molecule has 0 saturated carbocycles. The van der Waals surface area contributed by atoms with Crippen molar-refractivity contribution in [3.8, 4) is 0 Å². The summed E-state index contributed by atoms with van der Waals surface area (Å²) < 4.78 is 0. The fourth-order valence-electron chi connectivity index (χ4n) is 1.84. The molecule has 2 heteroatoms. The largest absolute Gasteiger partial charge is 0.349 e. The lowest BCUT2D eigenvalue weighted by molar-refractivity contribution is -0.133. The van der Waals surface area contributed by atoms with Gasteiger partial charge in [0.2, 0.25) is 5.91 Å². The van der Waals surface area contributed by atoms with E-state index in [1.807, 2.05) is 25.1 Å². The number of rotatable bonds is 3. The summed E-state index contributed by atoms with van der Waals surface area (Å²) in [5.41, 5.74) is 1.17. The first-order valence-electron chi connectivity index (χ1n) is 5.35. The van der Waals surface area contributed by atoms with Crippen LogP contribution in [0.2, 0.25) is 0 Å². The number of carbonyl (C=O) groups excluding carboxylic acids is 1. The van der Waals surface area contributed by atoms with Gasteiger partial charge in [0.15, 0.2) is 0 Å². The second-order valence-corrected chi connectivity index (χ2v) is 3.82. The van der Waals surface area contributed by atoms with Crippen LogP contribution in [-0.4, -0.2) is 11.9 Å². The van der Waals surface area contributed by atoms with Crippen molar-refractivity contribution >= 4 is 12.0 Å². The molecule has 1 N–H and O–H groups in total. The minimum absolute atomic E-state index is 0.171. The van der Waals surface area contributed by atoms with Gasteiger partial charge in [-0.1, -0.05) is 49.4 Å². The standard InChI is InChI=1S/C13H15NO/c1-2-11-12(14-13(11)15)9-8-10-6-4-3-5-7-10/h3-9,11-12H,2H2,1H3,(H,14,15). The van der Waals surface area contributed by atoms with Crippen LogP contribution < -0.4 is 5.32 Å². The Morgan fingerprint density at radius 2 is 2.07 bits per heavy atom. The Bertz CT molecular complexity index is 369. The predicted molar refractivity (Wildman–Crippen MR) is 61.2 cm³/mol. The van der Waals surface area contributed by atoms with Crippen molar-refractivity contribution in [1.29, 1.82) is 0 Å². The maximum Gasteiger partial charge on any atom is 0.225 e. The molecule has 1 aromatic carbocycles. The predicted octanol–water partition coefficient (Wildman–Crippen LogP) is 2.22. The monoisotopic (exact) mass is 201 g/mol. The average molecular weight is 201 g/mol. The zero-order valence-electron chi connectivity index (χ0n) is 8.81. The molecule has 1 aliphatic rings. The van der Waals surface area contributed by atoms with Gasteiger partial charge in [-0.3, -0.25) is 4.79 Å². The molecule has 1 saturated heterocycles. The first kappa shape index (κ1) is 9.97. The summed E-state index contributed by atoms with van der Waals surface area (Å²) in [6, 6.07) is 10.3. The van der Waals surface area contributed by atoms with Crippen molar-refractivity contribution in [3.05, 3.63) is 42.0 Å². The summed E-state index contributed by atoms with van der Waals surface area (Å²) in [6.45, 7) is 2.05. The Morgan fingerprint density at radius 1 is 1.33 bits per heavy atom. The number of β-lactam (4-membered cyclic amide) rings is 1. The summed E-state index contributed by atoms with van der Waals surface area (Å²) in [5.74, 6) is 0.352. The van der Waals surface area contributed by atoms with Crippen LogP contribution in [0.5, 0.6) is 0 Å². The molecule has 1 aromatic rings. The lowest BCUT2D eigenvalue weighted by Gasteiger charge is -2.34. The molecule has 1 heterocycles. The van der Waals surface area contributed by atoms with Crippen LogP contribution in [0.3, 0.4) is 0 Å². The van der Waals surface area contributed by atoms with Crippen molar-refractivity contribution in [1.82, 2.24) is 5.32 Å². The SMILES string of the molecule is CCC1C(=O)NC1C=Cc1ccccc1. The molecule has 0 radical (unpaired) electrons. The highest BCUT2D eigenvalue weighted by atomic mass is 16.2. The van der Waals surface area contributed by atoms with Crippen molar-refractivity contribution in [2.75, 3.05) is 0 Å². The zero-order chi connectivity index (χ0) is 10.7.